The molecule has 0 aliphatic heterocycles. The van der Waals surface area contributed by atoms with Crippen molar-refractivity contribution in [2.75, 3.05) is 20.3 Å². The van der Waals surface area contributed by atoms with E-state index in [0.717, 1.165) is 23.3 Å². The summed E-state index contributed by atoms with van der Waals surface area (Å²) in [6.45, 7) is 4.73. The average molecular weight is 265 g/mol. The van der Waals surface area contributed by atoms with E-state index in [9.17, 15) is 4.79 Å². The highest BCUT2D eigenvalue weighted by Gasteiger charge is 2.06. The molecular formula is C15H23NO3. The van der Waals surface area contributed by atoms with Gasteiger partial charge in [-0.05, 0) is 43.4 Å². The Hall–Kier alpha value is -1.55. The summed E-state index contributed by atoms with van der Waals surface area (Å²) in [5.41, 5.74) is 3.42. The van der Waals surface area contributed by atoms with Gasteiger partial charge in [0.2, 0.25) is 5.91 Å². The molecule has 0 spiro atoms. The lowest BCUT2D eigenvalue weighted by Crippen LogP contribution is -2.25. The van der Waals surface area contributed by atoms with Gasteiger partial charge in [-0.1, -0.05) is 12.1 Å². The van der Waals surface area contributed by atoms with Crippen molar-refractivity contribution in [1.82, 2.24) is 5.32 Å². The van der Waals surface area contributed by atoms with Crippen molar-refractivity contribution < 1.29 is 14.6 Å². The molecule has 19 heavy (non-hydrogen) atoms. The number of ether oxygens (including phenoxy) is 1. The van der Waals surface area contributed by atoms with Crippen LogP contribution in [0.5, 0.6) is 5.75 Å². The number of nitrogens with one attached hydrogen (secondary N) is 1. The number of carbonyl (C=O) groups is 1. The van der Waals surface area contributed by atoms with Crippen LogP contribution in [0.15, 0.2) is 12.1 Å². The van der Waals surface area contributed by atoms with Crippen molar-refractivity contribution in [3.8, 4) is 5.75 Å². The lowest BCUT2D eigenvalue weighted by molar-refractivity contribution is -0.121. The van der Waals surface area contributed by atoms with Crippen LogP contribution in [-0.4, -0.2) is 31.3 Å². The number of aliphatic hydroxyl groups excluding tert-OH is 1. The van der Waals surface area contributed by atoms with E-state index in [1.54, 1.807) is 7.11 Å². The van der Waals surface area contributed by atoms with Gasteiger partial charge in [-0.3, -0.25) is 4.79 Å². The van der Waals surface area contributed by atoms with Crippen LogP contribution in [0.3, 0.4) is 0 Å². The van der Waals surface area contributed by atoms with Gasteiger partial charge in [0.05, 0.1) is 7.11 Å². The molecule has 0 heterocycles. The fourth-order valence-electron chi connectivity index (χ4n) is 2.18. The number of benzene rings is 1. The van der Waals surface area contributed by atoms with E-state index in [2.05, 4.69) is 17.4 Å². The predicted octanol–water partition coefficient (Wildman–Crippen LogP) is 1.74. The maximum Gasteiger partial charge on any atom is 0.220 e. The number of hydrogen-bond acceptors (Lipinski definition) is 3. The third-order valence-corrected chi connectivity index (χ3v) is 3.02. The Labute approximate surface area is 114 Å². The lowest BCUT2D eigenvalue weighted by Gasteiger charge is -2.11. The summed E-state index contributed by atoms with van der Waals surface area (Å²) in [6.07, 6.45) is 1.71. The Bertz CT molecular complexity index is 406. The summed E-state index contributed by atoms with van der Waals surface area (Å²) < 4.78 is 5.32. The molecule has 1 aromatic carbocycles. The van der Waals surface area contributed by atoms with Crippen LogP contribution >= 0.6 is 0 Å². The fraction of sp³-hybridized carbons (Fsp3) is 0.533. The van der Waals surface area contributed by atoms with E-state index in [0.29, 0.717) is 19.4 Å². The second-order valence-electron chi connectivity index (χ2n) is 4.69. The van der Waals surface area contributed by atoms with Gasteiger partial charge in [-0.2, -0.15) is 0 Å². The first kappa shape index (κ1) is 15.5. The lowest BCUT2D eigenvalue weighted by atomic mass is 10.0. The van der Waals surface area contributed by atoms with Crippen molar-refractivity contribution in [3.63, 3.8) is 0 Å². The molecule has 0 saturated heterocycles. The molecule has 106 valence electrons. The van der Waals surface area contributed by atoms with Gasteiger partial charge in [0.25, 0.3) is 0 Å². The van der Waals surface area contributed by atoms with Gasteiger partial charge in [0, 0.05) is 19.6 Å². The highest BCUT2D eigenvalue weighted by Crippen LogP contribution is 2.24. The van der Waals surface area contributed by atoms with Crippen LogP contribution < -0.4 is 10.1 Å². The minimum atomic E-state index is -0.00370. The van der Waals surface area contributed by atoms with Crippen LogP contribution in [0.4, 0.5) is 0 Å². The molecule has 0 unspecified atom stereocenters. The number of rotatable bonds is 7. The van der Waals surface area contributed by atoms with Crippen molar-refractivity contribution in [1.29, 1.82) is 0 Å². The van der Waals surface area contributed by atoms with Crippen molar-refractivity contribution in [2.24, 2.45) is 0 Å². The maximum atomic E-state index is 11.4. The molecular weight excluding hydrogens is 242 g/mol. The van der Waals surface area contributed by atoms with Crippen LogP contribution in [0, 0.1) is 13.8 Å². The summed E-state index contributed by atoms with van der Waals surface area (Å²) in [6, 6.07) is 4.18. The molecule has 1 rings (SSSR count). The van der Waals surface area contributed by atoms with Crippen molar-refractivity contribution in [3.05, 3.63) is 28.8 Å². The van der Waals surface area contributed by atoms with E-state index in [-0.39, 0.29) is 12.5 Å². The molecule has 1 aromatic rings. The standard InChI is InChI=1S/C15H23NO3/c1-11-9-13(10-12(2)15(11)19-3)6-7-16-14(18)5-4-8-17/h9-10,17H,4-8H2,1-3H3,(H,16,18). The molecule has 0 aromatic heterocycles. The zero-order valence-corrected chi connectivity index (χ0v) is 12.0. The van der Waals surface area contributed by atoms with Gasteiger partial charge >= 0.3 is 0 Å². The minimum absolute atomic E-state index is 0.00370. The van der Waals surface area contributed by atoms with E-state index >= 15 is 0 Å². The maximum absolute atomic E-state index is 11.4. The molecule has 0 saturated carbocycles. The van der Waals surface area contributed by atoms with Crippen LogP contribution in [-0.2, 0) is 11.2 Å². The Kier molecular flexibility index (Phi) is 6.36. The zero-order valence-electron chi connectivity index (χ0n) is 12.0. The van der Waals surface area contributed by atoms with Crippen molar-refractivity contribution in [2.45, 2.75) is 33.1 Å². The molecule has 4 heteroatoms. The number of carbonyl (C=O) groups excluding carboxylic acids is 1. The SMILES string of the molecule is COc1c(C)cc(CCNC(=O)CCCO)cc1C. The number of aliphatic hydroxyl groups is 1. The van der Waals surface area contributed by atoms with Gasteiger partial charge in [-0.25, -0.2) is 0 Å². The Morgan fingerprint density at radius 1 is 1.32 bits per heavy atom. The van der Waals surface area contributed by atoms with Gasteiger partial charge in [0.15, 0.2) is 0 Å². The smallest absolute Gasteiger partial charge is 0.220 e. The molecule has 1 amide bonds. The molecule has 0 aliphatic carbocycles. The zero-order chi connectivity index (χ0) is 14.3. The third kappa shape index (κ3) is 4.91. The van der Waals surface area contributed by atoms with Gasteiger partial charge in [0.1, 0.15) is 5.75 Å². The number of hydrogen-bond donors (Lipinski definition) is 2. The summed E-state index contributed by atoms with van der Waals surface area (Å²) in [7, 11) is 1.68. The third-order valence-electron chi connectivity index (χ3n) is 3.02. The largest absolute Gasteiger partial charge is 0.496 e. The van der Waals surface area contributed by atoms with Crippen LogP contribution in [0.25, 0.3) is 0 Å². The van der Waals surface area contributed by atoms with Crippen LogP contribution in [0.2, 0.25) is 0 Å². The number of methoxy groups -OCH3 is 1. The van der Waals surface area contributed by atoms with Crippen LogP contribution in [0.1, 0.15) is 29.5 Å². The van der Waals surface area contributed by atoms with Crippen molar-refractivity contribution >= 4 is 5.91 Å². The normalized spacial score (nSPS) is 10.3. The molecule has 4 nitrogen and oxygen atoms in total. The molecule has 0 aliphatic rings. The summed E-state index contributed by atoms with van der Waals surface area (Å²) >= 11 is 0. The molecule has 0 bridgehead atoms. The second-order valence-corrected chi connectivity index (χ2v) is 4.69. The van der Waals surface area contributed by atoms with E-state index in [1.807, 2.05) is 13.8 Å². The van der Waals surface area contributed by atoms with Gasteiger partial charge < -0.3 is 15.2 Å². The molecule has 0 fully saturated rings. The van der Waals surface area contributed by atoms with E-state index in [4.69, 9.17) is 9.84 Å². The van der Waals surface area contributed by atoms with E-state index in [1.165, 1.54) is 5.56 Å². The number of amides is 1. The molecule has 0 atom stereocenters. The summed E-state index contributed by atoms with van der Waals surface area (Å²) in [5, 5.41) is 11.5. The van der Waals surface area contributed by atoms with Gasteiger partial charge in [-0.15, -0.1) is 0 Å². The minimum Gasteiger partial charge on any atom is -0.496 e. The highest BCUT2D eigenvalue weighted by molar-refractivity contribution is 5.75. The first-order valence-corrected chi connectivity index (χ1v) is 6.60. The quantitative estimate of drug-likeness (QED) is 0.789. The van der Waals surface area contributed by atoms with E-state index < -0.39 is 0 Å². The Morgan fingerprint density at radius 3 is 2.47 bits per heavy atom. The summed E-state index contributed by atoms with van der Waals surface area (Å²) in [4.78, 5) is 11.4. The highest BCUT2D eigenvalue weighted by atomic mass is 16.5. The second kappa shape index (κ2) is 7.79. The fourth-order valence-corrected chi connectivity index (χ4v) is 2.18. The average Bonchev–Trinajstić information content (AvgIpc) is 2.36. The topological polar surface area (TPSA) is 58.6 Å². The Morgan fingerprint density at radius 2 is 1.95 bits per heavy atom. The monoisotopic (exact) mass is 265 g/mol. The first-order valence-electron chi connectivity index (χ1n) is 6.60. The first-order chi connectivity index (χ1) is 9.08. The molecule has 2 N–H and O–H groups in total. The predicted molar refractivity (Wildman–Crippen MR) is 75.5 cm³/mol. The summed E-state index contributed by atoms with van der Waals surface area (Å²) in [5.74, 6) is 0.923. The Balaban J connectivity index is 2.48. The number of aryl methyl sites for hydroxylation is 2. The molecule has 0 radical (unpaired) electrons.